The molecule has 0 spiro atoms. The maximum absolute atomic E-state index is 12.0. The number of benzene rings is 2. The van der Waals surface area contributed by atoms with Crippen LogP contribution in [-0.4, -0.2) is 22.7 Å². The second-order valence-electron chi connectivity index (χ2n) is 5.80. The Kier molecular flexibility index (Phi) is 6.25. The van der Waals surface area contributed by atoms with E-state index in [-0.39, 0.29) is 12.5 Å². The van der Waals surface area contributed by atoms with Crippen molar-refractivity contribution in [2.75, 3.05) is 11.9 Å². The van der Waals surface area contributed by atoms with Crippen LogP contribution in [0.5, 0.6) is 5.75 Å². The second-order valence-corrected chi connectivity index (χ2v) is 8.00. The van der Waals surface area contributed by atoms with Crippen molar-refractivity contribution in [3.05, 3.63) is 65.2 Å². The molecule has 3 rings (SSSR count). The van der Waals surface area contributed by atoms with E-state index in [4.69, 9.17) is 4.74 Å². The Morgan fingerprint density at radius 1 is 1.12 bits per heavy atom. The van der Waals surface area contributed by atoms with Gasteiger partial charge in [0.1, 0.15) is 5.75 Å². The molecule has 1 heterocycles. The lowest BCUT2D eigenvalue weighted by Crippen LogP contribution is -2.20. The van der Waals surface area contributed by atoms with E-state index in [9.17, 15) is 4.79 Å². The summed E-state index contributed by atoms with van der Waals surface area (Å²) >= 11 is 2.97. The Morgan fingerprint density at radius 3 is 2.69 bits per heavy atom. The minimum absolute atomic E-state index is 0.0611. The molecule has 1 N–H and O–H groups in total. The summed E-state index contributed by atoms with van der Waals surface area (Å²) in [5.41, 5.74) is 3.62. The van der Waals surface area contributed by atoms with Gasteiger partial charge in [0.15, 0.2) is 10.9 Å². The van der Waals surface area contributed by atoms with Gasteiger partial charge in [0.05, 0.1) is 0 Å². The highest BCUT2D eigenvalue weighted by molar-refractivity contribution is 8.00. The van der Waals surface area contributed by atoms with E-state index in [1.807, 2.05) is 37.3 Å². The number of nitrogens with one attached hydrogen (secondary N) is 1. The number of carbonyl (C=O) groups excluding carboxylic acids is 1. The molecular formula is C19H19N3O2S2. The van der Waals surface area contributed by atoms with Crippen molar-refractivity contribution >= 4 is 34.1 Å². The number of aryl methyl sites for hydroxylation is 2. The number of rotatable bonds is 7. The third-order valence-electron chi connectivity index (χ3n) is 3.49. The molecule has 0 saturated carbocycles. The molecule has 0 fully saturated rings. The number of nitrogens with zero attached hydrogens (tertiary/aromatic N) is 2. The molecule has 0 aliphatic rings. The fraction of sp³-hybridized carbons (Fsp3) is 0.211. The monoisotopic (exact) mass is 385 g/mol. The number of carbonyl (C=O) groups is 1. The van der Waals surface area contributed by atoms with Gasteiger partial charge in [0.25, 0.3) is 5.91 Å². The molecule has 0 atom stereocenters. The van der Waals surface area contributed by atoms with Crippen LogP contribution in [0.25, 0.3) is 0 Å². The van der Waals surface area contributed by atoms with E-state index in [2.05, 4.69) is 40.6 Å². The van der Waals surface area contributed by atoms with Crippen LogP contribution in [0.1, 0.15) is 16.7 Å². The van der Waals surface area contributed by atoms with Gasteiger partial charge in [-0.25, -0.2) is 0 Å². The molecule has 0 bridgehead atoms. The summed E-state index contributed by atoms with van der Waals surface area (Å²) in [6, 6.07) is 15.9. The first kappa shape index (κ1) is 18.4. The first-order valence-corrected chi connectivity index (χ1v) is 9.90. The minimum Gasteiger partial charge on any atom is -0.484 e. The predicted molar refractivity (Wildman–Crippen MR) is 106 cm³/mol. The van der Waals surface area contributed by atoms with Crippen LogP contribution < -0.4 is 10.1 Å². The zero-order valence-corrected chi connectivity index (χ0v) is 16.2. The summed E-state index contributed by atoms with van der Waals surface area (Å²) in [5, 5.41) is 11.3. The highest BCUT2D eigenvalue weighted by Gasteiger charge is 2.09. The molecule has 1 amide bonds. The van der Waals surface area contributed by atoms with Gasteiger partial charge in [0, 0.05) is 5.75 Å². The van der Waals surface area contributed by atoms with Crippen LogP contribution in [0.15, 0.2) is 52.9 Å². The zero-order chi connectivity index (χ0) is 18.4. The molecule has 2 aromatic carbocycles. The van der Waals surface area contributed by atoms with Gasteiger partial charge in [0.2, 0.25) is 5.13 Å². The van der Waals surface area contributed by atoms with E-state index in [0.717, 1.165) is 15.7 Å². The van der Waals surface area contributed by atoms with Crippen molar-refractivity contribution in [3.8, 4) is 5.75 Å². The highest BCUT2D eigenvalue weighted by Crippen LogP contribution is 2.28. The number of thioether (sulfide) groups is 1. The zero-order valence-electron chi connectivity index (χ0n) is 14.6. The summed E-state index contributed by atoms with van der Waals surface area (Å²) in [4.78, 5) is 12.0. The standard InChI is InChI=1S/C19H19N3O2S2/c1-13-6-8-16(9-7-13)24-11-17(23)20-18-21-22-19(26-18)25-12-15-5-3-4-14(2)10-15/h3-10H,11-12H2,1-2H3,(H,20,21,23). The van der Waals surface area contributed by atoms with Gasteiger partial charge >= 0.3 is 0 Å². The summed E-state index contributed by atoms with van der Waals surface area (Å²) in [7, 11) is 0. The number of ether oxygens (including phenoxy) is 1. The normalized spacial score (nSPS) is 10.5. The van der Waals surface area contributed by atoms with Gasteiger partial charge in [-0.05, 0) is 31.5 Å². The first-order chi connectivity index (χ1) is 12.6. The van der Waals surface area contributed by atoms with E-state index in [1.165, 1.54) is 22.5 Å². The Balaban J connectivity index is 1.46. The van der Waals surface area contributed by atoms with Crippen LogP contribution >= 0.6 is 23.1 Å². The third kappa shape index (κ3) is 5.57. The Morgan fingerprint density at radius 2 is 1.92 bits per heavy atom. The SMILES string of the molecule is Cc1ccc(OCC(=O)Nc2nnc(SCc3cccc(C)c3)s2)cc1. The van der Waals surface area contributed by atoms with Crippen molar-refractivity contribution < 1.29 is 9.53 Å². The quantitative estimate of drug-likeness (QED) is 0.480. The van der Waals surface area contributed by atoms with Crippen LogP contribution in [0.4, 0.5) is 5.13 Å². The van der Waals surface area contributed by atoms with Crippen LogP contribution in [0.2, 0.25) is 0 Å². The van der Waals surface area contributed by atoms with Crippen molar-refractivity contribution in [1.29, 1.82) is 0 Å². The van der Waals surface area contributed by atoms with Crippen molar-refractivity contribution in [2.24, 2.45) is 0 Å². The maximum atomic E-state index is 12.0. The molecule has 0 saturated heterocycles. The largest absolute Gasteiger partial charge is 0.484 e. The summed E-state index contributed by atoms with van der Waals surface area (Å²) in [6.07, 6.45) is 0. The predicted octanol–water partition coefficient (Wildman–Crippen LogP) is 4.46. The van der Waals surface area contributed by atoms with E-state index in [1.54, 1.807) is 11.8 Å². The number of hydrogen-bond donors (Lipinski definition) is 1. The minimum atomic E-state index is -0.253. The van der Waals surface area contributed by atoms with Crippen LogP contribution in [0, 0.1) is 13.8 Å². The molecule has 1 aromatic heterocycles. The average Bonchev–Trinajstić information content (AvgIpc) is 3.07. The fourth-order valence-corrected chi connectivity index (χ4v) is 3.92. The van der Waals surface area contributed by atoms with Gasteiger partial charge in [-0.3, -0.25) is 10.1 Å². The van der Waals surface area contributed by atoms with E-state index < -0.39 is 0 Å². The number of amides is 1. The summed E-state index contributed by atoms with van der Waals surface area (Å²) in [5.74, 6) is 1.23. The molecule has 134 valence electrons. The molecule has 0 radical (unpaired) electrons. The molecule has 3 aromatic rings. The summed E-state index contributed by atoms with van der Waals surface area (Å²) < 4.78 is 6.28. The second kappa shape index (κ2) is 8.82. The Bertz CT molecular complexity index is 879. The first-order valence-electron chi connectivity index (χ1n) is 8.10. The van der Waals surface area contributed by atoms with Crippen molar-refractivity contribution in [3.63, 3.8) is 0 Å². The Labute approximate surface area is 160 Å². The number of hydrogen-bond acceptors (Lipinski definition) is 6. The van der Waals surface area contributed by atoms with Crippen LogP contribution in [0.3, 0.4) is 0 Å². The van der Waals surface area contributed by atoms with Gasteiger partial charge in [-0.15, -0.1) is 10.2 Å². The van der Waals surface area contributed by atoms with E-state index >= 15 is 0 Å². The van der Waals surface area contributed by atoms with E-state index in [0.29, 0.717) is 10.9 Å². The molecule has 26 heavy (non-hydrogen) atoms. The molecule has 0 unspecified atom stereocenters. The lowest BCUT2D eigenvalue weighted by molar-refractivity contribution is -0.118. The van der Waals surface area contributed by atoms with Gasteiger partial charge in [-0.2, -0.15) is 0 Å². The van der Waals surface area contributed by atoms with Crippen molar-refractivity contribution in [2.45, 2.75) is 23.9 Å². The molecule has 0 aliphatic carbocycles. The molecule has 7 heteroatoms. The average molecular weight is 386 g/mol. The number of aromatic nitrogens is 2. The molecule has 0 aliphatic heterocycles. The highest BCUT2D eigenvalue weighted by atomic mass is 32.2. The lowest BCUT2D eigenvalue weighted by atomic mass is 10.2. The topological polar surface area (TPSA) is 64.1 Å². The summed E-state index contributed by atoms with van der Waals surface area (Å²) in [6.45, 7) is 4.01. The van der Waals surface area contributed by atoms with Gasteiger partial charge in [-0.1, -0.05) is 70.6 Å². The van der Waals surface area contributed by atoms with Crippen LogP contribution in [-0.2, 0) is 10.5 Å². The molecular weight excluding hydrogens is 366 g/mol. The fourth-order valence-electron chi connectivity index (χ4n) is 2.20. The molecule has 5 nitrogen and oxygen atoms in total. The Hall–Kier alpha value is -2.38. The third-order valence-corrected chi connectivity index (χ3v) is 5.53. The smallest absolute Gasteiger partial charge is 0.264 e. The number of anilines is 1. The van der Waals surface area contributed by atoms with Crippen molar-refractivity contribution in [1.82, 2.24) is 10.2 Å². The van der Waals surface area contributed by atoms with Gasteiger partial charge < -0.3 is 4.74 Å². The lowest BCUT2D eigenvalue weighted by Gasteiger charge is -2.05. The maximum Gasteiger partial charge on any atom is 0.264 e.